The highest BCUT2D eigenvalue weighted by atomic mass is 16.5. The lowest BCUT2D eigenvalue weighted by Gasteiger charge is -2.39. The molecule has 144 valence electrons. The van der Waals surface area contributed by atoms with Gasteiger partial charge in [-0.25, -0.2) is 4.79 Å². The molecule has 1 fully saturated rings. The Morgan fingerprint density at radius 2 is 2.04 bits per heavy atom. The Kier molecular flexibility index (Phi) is 6.05. The third-order valence-corrected chi connectivity index (χ3v) is 4.88. The number of ether oxygens (including phenoxy) is 2. The summed E-state index contributed by atoms with van der Waals surface area (Å²) in [5.41, 5.74) is -1.10. The minimum Gasteiger partial charge on any atom is -0.467 e. The molecule has 1 aliphatic heterocycles. The van der Waals surface area contributed by atoms with Crippen molar-refractivity contribution in [2.45, 2.75) is 51.0 Å². The van der Waals surface area contributed by atoms with Crippen LogP contribution in [0.4, 0.5) is 0 Å². The zero-order chi connectivity index (χ0) is 19.5. The van der Waals surface area contributed by atoms with Gasteiger partial charge in [0.25, 0.3) is 0 Å². The SMILES string of the molecule is COC(=O)[C@](C)(CO)NC(=O)[C@@H](C)N1[C@H](c2ccccc2)COC1(C)C. The normalized spacial score (nSPS) is 23.1. The molecule has 0 unspecified atom stereocenters. The van der Waals surface area contributed by atoms with Crippen LogP contribution in [0.5, 0.6) is 0 Å². The number of aliphatic hydroxyl groups excluding tert-OH is 1. The van der Waals surface area contributed by atoms with E-state index in [1.807, 2.05) is 49.1 Å². The van der Waals surface area contributed by atoms with Gasteiger partial charge in [-0.15, -0.1) is 0 Å². The number of benzene rings is 1. The number of esters is 1. The molecule has 2 rings (SSSR count). The Morgan fingerprint density at radius 3 is 2.58 bits per heavy atom. The van der Waals surface area contributed by atoms with Crippen LogP contribution in [0.2, 0.25) is 0 Å². The van der Waals surface area contributed by atoms with E-state index in [-0.39, 0.29) is 11.9 Å². The van der Waals surface area contributed by atoms with Crippen LogP contribution in [0.3, 0.4) is 0 Å². The van der Waals surface area contributed by atoms with Crippen molar-refractivity contribution in [1.29, 1.82) is 0 Å². The van der Waals surface area contributed by atoms with Crippen molar-refractivity contribution in [3.8, 4) is 0 Å². The molecule has 1 aliphatic rings. The maximum atomic E-state index is 12.9. The van der Waals surface area contributed by atoms with Gasteiger partial charge in [0.05, 0.1) is 32.4 Å². The Labute approximate surface area is 154 Å². The van der Waals surface area contributed by atoms with E-state index in [1.165, 1.54) is 14.0 Å². The minimum absolute atomic E-state index is 0.0922. The van der Waals surface area contributed by atoms with Crippen molar-refractivity contribution >= 4 is 11.9 Å². The zero-order valence-electron chi connectivity index (χ0n) is 16.0. The number of nitrogens with one attached hydrogen (secondary N) is 1. The third kappa shape index (κ3) is 3.90. The van der Waals surface area contributed by atoms with E-state index in [0.717, 1.165) is 5.56 Å². The molecule has 7 heteroatoms. The fourth-order valence-electron chi connectivity index (χ4n) is 3.36. The molecule has 26 heavy (non-hydrogen) atoms. The van der Waals surface area contributed by atoms with E-state index in [0.29, 0.717) is 6.61 Å². The number of amides is 1. The van der Waals surface area contributed by atoms with Crippen LogP contribution in [-0.2, 0) is 19.1 Å². The monoisotopic (exact) mass is 364 g/mol. The lowest BCUT2D eigenvalue weighted by molar-refractivity contribution is -0.154. The number of carbonyl (C=O) groups excluding carboxylic acids is 2. The summed E-state index contributed by atoms with van der Waals surface area (Å²) in [7, 11) is 1.22. The molecular weight excluding hydrogens is 336 g/mol. The Balaban J connectivity index is 2.25. The predicted molar refractivity (Wildman–Crippen MR) is 96.2 cm³/mol. The molecule has 0 saturated carbocycles. The van der Waals surface area contributed by atoms with Gasteiger partial charge in [-0.2, -0.15) is 0 Å². The molecule has 2 N–H and O–H groups in total. The summed E-state index contributed by atoms with van der Waals surface area (Å²) in [5, 5.41) is 12.2. The van der Waals surface area contributed by atoms with Crippen LogP contribution >= 0.6 is 0 Å². The number of carbonyl (C=O) groups is 2. The molecule has 0 aromatic heterocycles. The summed E-state index contributed by atoms with van der Waals surface area (Å²) < 4.78 is 10.6. The molecule has 1 amide bonds. The lowest BCUT2D eigenvalue weighted by atomic mass is 10.0. The summed E-state index contributed by atoms with van der Waals surface area (Å²) >= 11 is 0. The van der Waals surface area contributed by atoms with E-state index < -0.39 is 29.9 Å². The van der Waals surface area contributed by atoms with Gasteiger partial charge >= 0.3 is 5.97 Å². The maximum absolute atomic E-state index is 12.9. The molecule has 1 aromatic rings. The second-order valence-corrected chi connectivity index (χ2v) is 7.24. The smallest absolute Gasteiger partial charge is 0.333 e. The van der Waals surface area contributed by atoms with Crippen molar-refractivity contribution in [2.75, 3.05) is 20.3 Å². The van der Waals surface area contributed by atoms with Crippen molar-refractivity contribution in [3.05, 3.63) is 35.9 Å². The molecule has 1 heterocycles. The van der Waals surface area contributed by atoms with Crippen LogP contribution in [0.15, 0.2) is 30.3 Å². The van der Waals surface area contributed by atoms with Gasteiger partial charge in [0, 0.05) is 0 Å². The molecule has 1 aromatic carbocycles. The molecule has 1 saturated heterocycles. The number of nitrogens with zero attached hydrogens (tertiary/aromatic N) is 1. The third-order valence-electron chi connectivity index (χ3n) is 4.88. The van der Waals surface area contributed by atoms with E-state index in [2.05, 4.69) is 5.32 Å². The highest BCUT2D eigenvalue weighted by Gasteiger charge is 2.47. The predicted octanol–water partition coefficient (Wildman–Crippen LogP) is 1.22. The molecule has 3 atom stereocenters. The molecule has 0 aliphatic carbocycles. The van der Waals surface area contributed by atoms with Gasteiger partial charge in [-0.1, -0.05) is 30.3 Å². The van der Waals surface area contributed by atoms with Gasteiger partial charge in [-0.3, -0.25) is 9.69 Å². The lowest BCUT2D eigenvalue weighted by Crippen LogP contribution is -2.61. The van der Waals surface area contributed by atoms with Crippen molar-refractivity contribution in [3.63, 3.8) is 0 Å². The fraction of sp³-hybridized carbons (Fsp3) is 0.579. The number of rotatable bonds is 6. The Bertz CT molecular complexity index is 649. The van der Waals surface area contributed by atoms with E-state index in [1.54, 1.807) is 6.92 Å². The Hall–Kier alpha value is -1.96. The van der Waals surface area contributed by atoms with Gasteiger partial charge in [0.15, 0.2) is 5.54 Å². The van der Waals surface area contributed by atoms with E-state index in [9.17, 15) is 14.7 Å². The summed E-state index contributed by atoms with van der Waals surface area (Å²) in [6, 6.07) is 9.15. The highest BCUT2D eigenvalue weighted by molar-refractivity contribution is 5.90. The first-order valence-corrected chi connectivity index (χ1v) is 8.65. The van der Waals surface area contributed by atoms with Gasteiger partial charge in [0.1, 0.15) is 5.72 Å². The molecular formula is C19H28N2O5. The fourth-order valence-corrected chi connectivity index (χ4v) is 3.36. The first-order chi connectivity index (χ1) is 12.2. The first kappa shape index (κ1) is 20.4. The molecule has 0 radical (unpaired) electrons. The summed E-state index contributed by atoms with van der Waals surface area (Å²) in [6.07, 6.45) is 0. The molecule has 0 bridgehead atoms. The minimum atomic E-state index is -1.49. The average molecular weight is 364 g/mol. The van der Waals surface area contributed by atoms with Crippen LogP contribution in [0, 0.1) is 0 Å². The summed E-state index contributed by atoms with van der Waals surface area (Å²) in [4.78, 5) is 26.8. The van der Waals surface area contributed by atoms with E-state index in [4.69, 9.17) is 9.47 Å². The first-order valence-electron chi connectivity index (χ1n) is 8.65. The molecule has 7 nitrogen and oxygen atoms in total. The number of hydrogen-bond donors (Lipinski definition) is 2. The average Bonchev–Trinajstić information content (AvgIpc) is 2.95. The van der Waals surface area contributed by atoms with Crippen LogP contribution < -0.4 is 5.32 Å². The quantitative estimate of drug-likeness (QED) is 0.738. The summed E-state index contributed by atoms with van der Waals surface area (Å²) in [6.45, 7) is 6.92. The zero-order valence-corrected chi connectivity index (χ0v) is 16.0. The van der Waals surface area contributed by atoms with Gasteiger partial charge in [-0.05, 0) is 33.3 Å². The van der Waals surface area contributed by atoms with Gasteiger partial charge in [0.2, 0.25) is 5.91 Å². The second kappa shape index (κ2) is 7.73. The van der Waals surface area contributed by atoms with Crippen molar-refractivity contribution in [1.82, 2.24) is 10.2 Å². The Morgan fingerprint density at radius 1 is 1.42 bits per heavy atom. The number of aliphatic hydroxyl groups is 1. The van der Waals surface area contributed by atoms with E-state index >= 15 is 0 Å². The summed E-state index contributed by atoms with van der Waals surface area (Å²) in [5.74, 6) is -1.08. The van der Waals surface area contributed by atoms with Crippen molar-refractivity contribution < 1.29 is 24.2 Å². The maximum Gasteiger partial charge on any atom is 0.333 e. The second-order valence-electron chi connectivity index (χ2n) is 7.24. The van der Waals surface area contributed by atoms with Crippen LogP contribution in [0.1, 0.15) is 39.3 Å². The van der Waals surface area contributed by atoms with Crippen LogP contribution in [0.25, 0.3) is 0 Å². The highest BCUT2D eigenvalue weighted by Crippen LogP contribution is 2.38. The number of methoxy groups -OCH3 is 1. The molecule has 0 spiro atoms. The standard InChI is InChI=1S/C19H28N2O5/c1-13(16(23)20-19(4,12-22)17(24)25-5)21-15(11-26-18(21,2)3)14-9-7-6-8-10-14/h6-10,13,15,22H,11-12H2,1-5H3,(H,20,23)/t13-,15+,19+/m1/s1. The largest absolute Gasteiger partial charge is 0.467 e. The van der Waals surface area contributed by atoms with Crippen molar-refractivity contribution in [2.24, 2.45) is 0 Å². The van der Waals surface area contributed by atoms with Gasteiger partial charge < -0.3 is 19.9 Å². The number of hydrogen-bond acceptors (Lipinski definition) is 6. The topological polar surface area (TPSA) is 88.1 Å². The van der Waals surface area contributed by atoms with Crippen LogP contribution in [-0.4, -0.2) is 59.5 Å².